The molecule has 0 saturated heterocycles. The number of aryl methyl sites for hydroxylation is 2. The Hall–Kier alpha value is -1.42. The average Bonchev–Trinajstić information content (AvgIpc) is 2.11. The molecule has 0 unspecified atom stereocenters. The minimum absolute atomic E-state index is 0.145. The molecular formula is C10H13N3O. The van der Waals surface area contributed by atoms with Crippen LogP contribution in [0.1, 0.15) is 16.8 Å². The number of rotatable bonds is 0. The van der Waals surface area contributed by atoms with Crippen molar-refractivity contribution < 1.29 is 4.79 Å². The molecule has 3 N–H and O–H groups in total. The van der Waals surface area contributed by atoms with E-state index in [0.717, 1.165) is 16.8 Å². The van der Waals surface area contributed by atoms with Gasteiger partial charge in [-0.15, -0.1) is 0 Å². The van der Waals surface area contributed by atoms with Crippen molar-refractivity contribution in [1.29, 1.82) is 0 Å². The number of carbonyl (C=O) groups excluding carboxylic acids is 1. The summed E-state index contributed by atoms with van der Waals surface area (Å²) in [7, 11) is 0. The standard InChI is InChI=1S/C10H13N3O/c1-5-3-7-4-8(11)10(14)13-9(7)12-6(5)2/h3,8H,4,11H2,1-2H3,(H,12,13,14)/t8-/m0/s1. The van der Waals surface area contributed by atoms with Crippen molar-refractivity contribution in [2.75, 3.05) is 5.32 Å². The first-order valence-corrected chi connectivity index (χ1v) is 4.61. The second kappa shape index (κ2) is 3.06. The summed E-state index contributed by atoms with van der Waals surface area (Å²) in [6.45, 7) is 3.93. The lowest BCUT2D eigenvalue weighted by molar-refractivity contribution is -0.117. The highest BCUT2D eigenvalue weighted by Gasteiger charge is 2.23. The summed E-state index contributed by atoms with van der Waals surface area (Å²) in [5.74, 6) is 0.521. The topological polar surface area (TPSA) is 68.0 Å². The molecule has 74 valence electrons. The largest absolute Gasteiger partial charge is 0.320 e. The van der Waals surface area contributed by atoms with Crippen LogP contribution in [0.25, 0.3) is 0 Å². The van der Waals surface area contributed by atoms with Crippen LogP contribution in [0.2, 0.25) is 0 Å². The Kier molecular flexibility index (Phi) is 2.00. The Morgan fingerprint density at radius 3 is 3.00 bits per heavy atom. The van der Waals surface area contributed by atoms with Crippen LogP contribution in [-0.4, -0.2) is 16.9 Å². The number of carbonyl (C=O) groups is 1. The minimum Gasteiger partial charge on any atom is -0.320 e. The fourth-order valence-corrected chi connectivity index (χ4v) is 1.56. The van der Waals surface area contributed by atoms with Crippen LogP contribution in [0.15, 0.2) is 6.07 Å². The second-order valence-corrected chi connectivity index (χ2v) is 3.70. The lowest BCUT2D eigenvalue weighted by Gasteiger charge is -2.21. The zero-order valence-corrected chi connectivity index (χ0v) is 8.29. The van der Waals surface area contributed by atoms with E-state index >= 15 is 0 Å². The second-order valence-electron chi connectivity index (χ2n) is 3.70. The molecule has 1 aromatic heterocycles. The number of anilines is 1. The fourth-order valence-electron chi connectivity index (χ4n) is 1.56. The van der Waals surface area contributed by atoms with Gasteiger partial charge in [-0.05, 0) is 25.0 Å². The number of pyridine rings is 1. The molecule has 1 aliphatic rings. The van der Waals surface area contributed by atoms with Gasteiger partial charge in [-0.1, -0.05) is 6.07 Å². The lowest BCUT2D eigenvalue weighted by atomic mass is 10.0. The molecule has 0 aliphatic carbocycles. The van der Waals surface area contributed by atoms with Gasteiger partial charge < -0.3 is 11.1 Å². The molecule has 0 saturated carbocycles. The predicted octanol–water partition coefficient (Wildman–Crippen LogP) is 0.520. The van der Waals surface area contributed by atoms with E-state index in [-0.39, 0.29) is 5.91 Å². The van der Waals surface area contributed by atoms with Crippen molar-refractivity contribution in [2.45, 2.75) is 26.3 Å². The number of aromatic nitrogens is 1. The summed E-state index contributed by atoms with van der Waals surface area (Å²) in [6.07, 6.45) is 0.579. The van der Waals surface area contributed by atoms with Crippen molar-refractivity contribution in [3.8, 4) is 0 Å². The van der Waals surface area contributed by atoms with E-state index in [9.17, 15) is 4.79 Å². The summed E-state index contributed by atoms with van der Waals surface area (Å²) < 4.78 is 0. The predicted molar refractivity (Wildman–Crippen MR) is 54.0 cm³/mol. The van der Waals surface area contributed by atoms with Crippen molar-refractivity contribution in [2.24, 2.45) is 5.73 Å². The van der Waals surface area contributed by atoms with Crippen LogP contribution < -0.4 is 11.1 Å². The molecule has 2 heterocycles. The zero-order chi connectivity index (χ0) is 10.3. The van der Waals surface area contributed by atoms with E-state index in [0.29, 0.717) is 12.2 Å². The SMILES string of the molecule is Cc1cc2c(nc1C)NC(=O)[C@@H](N)C2. The third kappa shape index (κ3) is 1.37. The molecule has 0 bridgehead atoms. The Labute approximate surface area is 82.5 Å². The Morgan fingerprint density at radius 1 is 1.57 bits per heavy atom. The van der Waals surface area contributed by atoms with E-state index in [1.165, 1.54) is 0 Å². The normalized spacial score (nSPS) is 20.2. The van der Waals surface area contributed by atoms with Gasteiger partial charge in [-0.3, -0.25) is 4.79 Å². The monoisotopic (exact) mass is 191 g/mol. The Bertz CT molecular complexity index is 401. The molecule has 0 aromatic carbocycles. The molecule has 1 amide bonds. The Morgan fingerprint density at radius 2 is 2.29 bits per heavy atom. The van der Waals surface area contributed by atoms with Crippen LogP contribution in [0, 0.1) is 13.8 Å². The number of amides is 1. The maximum atomic E-state index is 11.3. The molecule has 1 aromatic rings. The third-order valence-corrected chi connectivity index (χ3v) is 2.56. The summed E-state index contributed by atoms with van der Waals surface area (Å²) >= 11 is 0. The van der Waals surface area contributed by atoms with Crippen LogP contribution >= 0.6 is 0 Å². The highest BCUT2D eigenvalue weighted by molar-refractivity contribution is 5.96. The van der Waals surface area contributed by atoms with Crippen molar-refractivity contribution >= 4 is 11.7 Å². The van der Waals surface area contributed by atoms with Crippen LogP contribution in [0.4, 0.5) is 5.82 Å². The first kappa shape index (κ1) is 9.15. The van der Waals surface area contributed by atoms with E-state index in [1.807, 2.05) is 19.9 Å². The number of nitrogens with zero attached hydrogens (tertiary/aromatic N) is 1. The van der Waals surface area contributed by atoms with Gasteiger partial charge in [0.25, 0.3) is 0 Å². The minimum atomic E-state index is -0.439. The lowest BCUT2D eigenvalue weighted by Crippen LogP contribution is -2.41. The molecule has 0 spiro atoms. The molecular weight excluding hydrogens is 178 g/mol. The molecule has 0 fully saturated rings. The quantitative estimate of drug-likeness (QED) is 0.628. The van der Waals surface area contributed by atoms with Crippen molar-refractivity contribution in [3.05, 3.63) is 22.9 Å². The van der Waals surface area contributed by atoms with Gasteiger partial charge in [-0.2, -0.15) is 0 Å². The zero-order valence-electron chi connectivity index (χ0n) is 8.29. The fraction of sp³-hybridized carbons (Fsp3) is 0.400. The summed E-state index contributed by atoms with van der Waals surface area (Å²) in [4.78, 5) is 15.6. The Balaban J connectivity index is 2.47. The third-order valence-electron chi connectivity index (χ3n) is 2.56. The number of fused-ring (bicyclic) bond motifs is 1. The van der Waals surface area contributed by atoms with Gasteiger partial charge in [0.2, 0.25) is 5.91 Å². The number of nitrogens with one attached hydrogen (secondary N) is 1. The van der Waals surface area contributed by atoms with Gasteiger partial charge in [0.05, 0.1) is 6.04 Å². The first-order valence-electron chi connectivity index (χ1n) is 4.61. The number of hydrogen-bond donors (Lipinski definition) is 2. The van der Waals surface area contributed by atoms with Gasteiger partial charge in [-0.25, -0.2) is 4.98 Å². The molecule has 0 radical (unpaired) electrons. The maximum Gasteiger partial charge on any atom is 0.242 e. The van der Waals surface area contributed by atoms with E-state index < -0.39 is 6.04 Å². The summed E-state index contributed by atoms with van der Waals surface area (Å²) in [6, 6.07) is 1.60. The summed E-state index contributed by atoms with van der Waals surface area (Å²) in [5.41, 5.74) is 8.74. The van der Waals surface area contributed by atoms with Gasteiger partial charge in [0.15, 0.2) is 0 Å². The van der Waals surface area contributed by atoms with Gasteiger partial charge in [0.1, 0.15) is 5.82 Å². The van der Waals surface area contributed by atoms with Crippen molar-refractivity contribution in [1.82, 2.24) is 4.98 Å². The average molecular weight is 191 g/mol. The molecule has 1 atom stereocenters. The van der Waals surface area contributed by atoms with Crippen LogP contribution in [-0.2, 0) is 11.2 Å². The van der Waals surface area contributed by atoms with E-state index in [1.54, 1.807) is 0 Å². The van der Waals surface area contributed by atoms with Crippen LogP contribution in [0.5, 0.6) is 0 Å². The summed E-state index contributed by atoms with van der Waals surface area (Å²) in [5, 5.41) is 2.70. The van der Waals surface area contributed by atoms with Gasteiger partial charge >= 0.3 is 0 Å². The molecule has 2 rings (SSSR count). The number of nitrogens with two attached hydrogens (primary N) is 1. The van der Waals surface area contributed by atoms with E-state index in [4.69, 9.17) is 5.73 Å². The van der Waals surface area contributed by atoms with Crippen LogP contribution in [0.3, 0.4) is 0 Å². The maximum absolute atomic E-state index is 11.3. The highest BCUT2D eigenvalue weighted by Crippen LogP contribution is 2.21. The molecule has 4 heteroatoms. The number of hydrogen-bond acceptors (Lipinski definition) is 3. The van der Waals surface area contributed by atoms with E-state index in [2.05, 4.69) is 10.3 Å². The highest BCUT2D eigenvalue weighted by atomic mass is 16.2. The molecule has 1 aliphatic heterocycles. The molecule has 4 nitrogen and oxygen atoms in total. The smallest absolute Gasteiger partial charge is 0.242 e. The van der Waals surface area contributed by atoms with Gasteiger partial charge in [0, 0.05) is 12.1 Å². The van der Waals surface area contributed by atoms with Crippen molar-refractivity contribution in [3.63, 3.8) is 0 Å². The first-order chi connectivity index (χ1) is 6.58. The molecule has 14 heavy (non-hydrogen) atoms.